The summed E-state index contributed by atoms with van der Waals surface area (Å²) in [7, 11) is -3.54. The second-order valence-electron chi connectivity index (χ2n) is 5.28. The molecule has 0 spiro atoms. The molecule has 0 aliphatic rings. The largest absolute Gasteiger partial charge is 0.392 e. The molecule has 1 aromatic carbocycles. The maximum atomic E-state index is 12.3. The van der Waals surface area contributed by atoms with Crippen LogP contribution in [0.4, 0.5) is 0 Å². The Morgan fingerprint density at radius 3 is 2.35 bits per heavy atom. The molecule has 0 aliphatic heterocycles. The standard InChI is InChI=1S/C15H23NO3S/c1-12(2)11-14(5-4-10-17)16-20(18,19)15-8-6-13(3)7-9-15/h4-9,12,14,16-17H,10-11H2,1-3H3/b5-4+/t14-/m1/s1. The molecule has 0 radical (unpaired) electrons. The van der Waals surface area contributed by atoms with Gasteiger partial charge in [0.25, 0.3) is 0 Å². The van der Waals surface area contributed by atoms with Crippen molar-refractivity contribution in [1.82, 2.24) is 4.72 Å². The van der Waals surface area contributed by atoms with E-state index in [4.69, 9.17) is 5.11 Å². The summed E-state index contributed by atoms with van der Waals surface area (Å²) in [4.78, 5) is 0.259. The van der Waals surface area contributed by atoms with Crippen molar-refractivity contribution >= 4 is 10.0 Å². The monoisotopic (exact) mass is 297 g/mol. The van der Waals surface area contributed by atoms with Crippen molar-refractivity contribution in [1.29, 1.82) is 0 Å². The average Bonchev–Trinajstić information content (AvgIpc) is 2.35. The van der Waals surface area contributed by atoms with Crippen LogP contribution in [0.2, 0.25) is 0 Å². The summed E-state index contributed by atoms with van der Waals surface area (Å²) in [5, 5.41) is 8.83. The van der Waals surface area contributed by atoms with Gasteiger partial charge in [0.2, 0.25) is 10.0 Å². The first-order valence-electron chi connectivity index (χ1n) is 6.71. The van der Waals surface area contributed by atoms with E-state index in [1.165, 1.54) is 0 Å². The summed E-state index contributed by atoms with van der Waals surface area (Å²) in [5.41, 5.74) is 1.02. The molecule has 0 saturated heterocycles. The first kappa shape index (κ1) is 16.9. The van der Waals surface area contributed by atoms with Crippen LogP contribution in [0.1, 0.15) is 25.8 Å². The second-order valence-corrected chi connectivity index (χ2v) is 7.00. The minimum Gasteiger partial charge on any atom is -0.392 e. The van der Waals surface area contributed by atoms with Crippen LogP contribution in [0.5, 0.6) is 0 Å². The summed E-state index contributed by atoms with van der Waals surface area (Å²) >= 11 is 0. The summed E-state index contributed by atoms with van der Waals surface area (Å²) < 4.78 is 27.3. The lowest BCUT2D eigenvalue weighted by Gasteiger charge is -2.17. The van der Waals surface area contributed by atoms with Crippen molar-refractivity contribution in [2.75, 3.05) is 6.61 Å². The topological polar surface area (TPSA) is 66.4 Å². The minimum absolute atomic E-state index is 0.0964. The molecule has 0 saturated carbocycles. The Kier molecular flexibility index (Phi) is 6.39. The van der Waals surface area contributed by atoms with Gasteiger partial charge in [-0.2, -0.15) is 0 Å². The van der Waals surface area contributed by atoms with E-state index in [0.29, 0.717) is 12.3 Å². The van der Waals surface area contributed by atoms with Gasteiger partial charge in [-0.05, 0) is 31.4 Å². The van der Waals surface area contributed by atoms with Crippen molar-refractivity contribution in [2.24, 2.45) is 5.92 Å². The predicted molar refractivity (Wildman–Crippen MR) is 81.0 cm³/mol. The van der Waals surface area contributed by atoms with Gasteiger partial charge in [-0.3, -0.25) is 0 Å². The van der Waals surface area contributed by atoms with E-state index in [1.807, 2.05) is 20.8 Å². The second kappa shape index (κ2) is 7.57. The van der Waals surface area contributed by atoms with E-state index in [1.54, 1.807) is 36.4 Å². The number of sulfonamides is 1. The first-order chi connectivity index (χ1) is 9.35. The molecular formula is C15H23NO3S. The van der Waals surface area contributed by atoms with E-state index in [9.17, 15) is 8.42 Å². The summed E-state index contributed by atoms with van der Waals surface area (Å²) in [6, 6.07) is 6.43. The smallest absolute Gasteiger partial charge is 0.241 e. The Labute approximate surface area is 121 Å². The summed E-state index contributed by atoms with van der Waals surface area (Å²) in [5.74, 6) is 0.351. The first-order valence-corrected chi connectivity index (χ1v) is 8.20. The SMILES string of the molecule is Cc1ccc(S(=O)(=O)N[C@H](/C=C/CO)CC(C)C)cc1. The zero-order valence-corrected chi connectivity index (χ0v) is 13.0. The molecule has 1 aromatic rings. The number of hydrogen-bond donors (Lipinski definition) is 2. The van der Waals surface area contributed by atoms with Crippen molar-refractivity contribution in [3.05, 3.63) is 42.0 Å². The van der Waals surface area contributed by atoms with E-state index >= 15 is 0 Å². The number of benzene rings is 1. The third-order valence-electron chi connectivity index (χ3n) is 2.84. The molecule has 5 heteroatoms. The Morgan fingerprint density at radius 1 is 1.25 bits per heavy atom. The summed E-state index contributed by atoms with van der Waals surface area (Å²) in [6.07, 6.45) is 3.94. The van der Waals surface area contributed by atoms with Gasteiger partial charge in [0, 0.05) is 6.04 Å². The van der Waals surface area contributed by atoms with Crippen molar-refractivity contribution in [2.45, 2.75) is 38.1 Å². The summed E-state index contributed by atoms with van der Waals surface area (Å²) in [6.45, 7) is 5.87. The number of aliphatic hydroxyl groups excluding tert-OH is 1. The van der Waals surface area contributed by atoms with Gasteiger partial charge in [-0.1, -0.05) is 43.7 Å². The van der Waals surface area contributed by atoms with Gasteiger partial charge in [-0.15, -0.1) is 0 Å². The van der Waals surface area contributed by atoms with Gasteiger partial charge >= 0.3 is 0 Å². The minimum atomic E-state index is -3.54. The Balaban J connectivity index is 2.90. The van der Waals surface area contributed by atoms with Gasteiger partial charge < -0.3 is 5.11 Å². The van der Waals surface area contributed by atoms with Crippen molar-refractivity contribution in [3.8, 4) is 0 Å². The maximum absolute atomic E-state index is 12.3. The predicted octanol–water partition coefficient (Wildman–Crippen LogP) is 2.24. The molecule has 0 heterocycles. The third kappa shape index (κ3) is 5.45. The van der Waals surface area contributed by atoms with Crippen LogP contribution in [-0.4, -0.2) is 26.2 Å². The molecule has 0 amide bonds. The van der Waals surface area contributed by atoms with Crippen LogP contribution >= 0.6 is 0 Å². The molecule has 2 N–H and O–H groups in total. The average molecular weight is 297 g/mol. The molecule has 20 heavy (non-hydrogen) atoms. The molecule has 112 valence electrons. The lowest BCUT2D eigenvalue weighted by Crippen LogP contribution is -2.34. The molecule has 0 unspecified atom stereocenters. The van der Waals surface area contributed by atoms with E-state index in [-0.39, 0.29) is 17.5 Å². The van der Waals surface area contributed by atoms with Crippen molar-refractivity contribution in [3.63, 3.8) is 0 Å². The lowest BCUT2D eigenvalue weighted by molar-refractivity contribution is 0.341. The van der Waals surface area contributed by atoms with Gasteiger partial charge in [0.15, 0.2) is 0 Å². The van der Waals surface area contributed by atoms with E-state index in [0.717, 1.165) is 5.56 Å². The Morgan fingerprint density at radius 2 is 1.85 bits per heavy atom. The van der Waals surface area contributed by atoms with Crippen molar-refractivity contribution < 1.29 is 13.5 Å². The maximum Gasteiger partial charge on any atom is 0.241 e. The lowest BCUT2D eigenvalue weighted by atomic mass is 10.0. The molecule has 0 fully saturated rings. The number of aliphatic hydroxyl groups is 1. The molecular weight excluding hydrogens is 274 g/mol. The van der Waals surface area contributed by atoms with Crippen LogP contribution in [0, 0.1) is 12.8 Å². The highest BCUT2D eigenvalue weighted by molar-refractivity contribution is 7.89. The fourth-order valence-corrected chi connectivity index (χ4v) is 3.09. The highest BCUT2D eigenvalue weighted by atomic mass is 32.2. The number of aryl methyl sites for hydroxylation is 1. The van der Waals surface area contributed by atoms with E-state index < -0.39 is 10.0 Å². The van der Waals surface area contributed by atoms with Crippen LogP contribution in [0.25, 0.3) is 0 Å². The zero-order valence-electron chi connectivity index (χ0n) is 12.2. The Hall–Kier alpha value is -1.17. The normalized spacial score (nSPS) is 14.1. The van der Waals surface area contributed by atoms with Crippen LogP contribution in [0.15, 0.2) is 41.3 Å². The molecule has 0 bridgehead atoms. The fraction of sp³-hybridized carbons (Fsp3) is 0.467. The molecule has 1 atom stereocenters. The van der Waals surface area contributed by atoms with Gasteiger partial charge in [-0.25, -0.2) is 13.1 Å². The highest BCUT2D eigenvalue weighted by Crippen LogP contribution is 2.13. The van der Waals surface area contributed by atoms with E-state index in [2.05, 4.69) is 4.72 Å². The number of nitrogens with one attached hydrogen (secondary N) is 1. The number of rotatable bonds is 7. The molecule has 0 aromatic heterocycles. The van der Waals surface area contributed by atoms with Crippen LogP contribution in [0.3, 0.4) is 0 Å². The van der Waals surface area contributed by atoms with Crippen LogP contribution in [-0.2, 0) is 10.0 Å². The quantitative estimate of drug-likeness (QED) is 0.759. The highest BCUT2D eigenvalue weighted by Gasteiger charge is 2.18. The number of hydrogen-bond acceptors (Lipinski definition) is 3. The molecule has 1 rings (SSSR count). The fourth-order valence-electron chi connectivity index (χ4n) is 1.88. The Bertz CT molecular complexity index is 533. The molecule has 0 aliphatic carbocycles. The zero-order chi connectivity index (χ0) is 15.2. The third-order valence-corrected chi connectivity index (χ3v) is 4.34. The van der Waals surface area contributed by atoms with Crippen LogP contribution < -0.4 is 4.72 Å². The van der Waals surface area contributed by atoms with Gasteiger partial charge in [0.1, 0.15) is 0 Å². The van der Waals surface area contributed by atoms with Gasteiger partial charge in [0.05, 0.1) is 11.5 Å². The molecule has 4 nitrogen and oxygen atoms in total.